The third kappa shape index (κ3) is 4.67. The minimum absolute atomic E-state index is 0.0533. The molecule has 1 aliphatic rings. The Morgan fingerprint density at radius 1 is 1.17 bits per heavy atom. The highest BCUT2D eigenvalue weighted by Crippen LogP contribution is 2.28. The molecule has 30 heavy (non-hydrogen) atoms. The van der Waals surface area contributed by atoms with Crippen molar-refractivity contribution >= 4 is 0 Å². The van der Waals surface area contributed by atoms with E-state index in [0.29, 0.717) is 23.0 Å². The van der Waals surface area contributed by atoms with Gasteiger partial charge < -0.3 is 9.47 Å². The Bertz CT molecular complexity index is 1010. The lowest BCUT2D eigenvalue weighted by Gasteiger charge is -2.14. The van der Waals surface area contributed by atoms with Gasteiger partial charge in [0.2, 0.25) is 0 Å². The molecule has 2 aromatic heterocycles. The van der Waals surface area contributed by atoms with E-state index in [0.717, 1.165) is 24.2 Å². The first-order chi connectivity index (χ1) is 14.5. The summed E-state index contributed by atoms with van der Waals surface area (Å²) in [6, 6.07) is 8.36. The van der Waals surface area contributed by atoms with Crippen molar-refractivity contribution in [3.63, 3.8) is 0 Å². The molecule has 0 unspecified atom stereocenters. The number of pyridine rings is 1. The number of ether oxygens (including phenoxy) is 2. The van der Waals surface area contributed by atoms with Gasteiger partial charge in [0.15, 0.2) is 11.6 Å². The average molecular weight is 410 g/mol. The summed E-state index contributed by atoms with van der Waals surface area (Å²) in [6.45, 7) is 6.10. The molecule has 158 valence electrons. The highest BCUT2D eigenvalue weighted by molar-refractivity contribution is 5.56. The van der Waals surface area contributed by atoms with Crippen molar-refractivity contribution in [1.29, 1.82) is 0 Å². The molecule has 1 fully saturated rings. The normalized spacial score (nSPS) is 14.6. The molecule has 0 N–H and O–H groups in total. The van der Waals surface area contributed by atoms with Gasteiger partial charge in [-0.1, -0.05) is 6.07 Å². The van der Waals surface area contributed by atoms with E-state index in [1.165, 1.54) is 25.0 Å². The average Bonchev–Trinajstić information content (AvgIpc) is 3.38. The lowest BCUT2D eigenvalue weighted by Crippen LogP contribution is -2.11. The van der Waals surface area contributed by atoms with Gasteiger partial charge in [0.05, 0.1) is 17.9 Å². The van der Waals surface area contributed by atoms with Crippen molar-refractivity contribution in [2.75, 3.05) is 0 Å². The summed E-state index contributed by atoms with van der Waals surface area (Å²) >= 11 is 0. The van der Waals surface area contributed by atoms with E-state index in [2.05, 4.69) is 15.1 Å². The number of rotatable bonds is 7. The smallest absolute Gasteiger partial charge is 0.182 e. The molecule has 1 aliphatic carbocycles. The summed E-state index contributed by atoms with van der Waals surface area (Å²) < 4.78 is 27.4. The molecular formula is C23H27FN4O2. The predicted octanol–water partition coefficient (Wildman–Crippen LogP) is 5.02. The lowest BCUT2D eigenvalue weighted by atomic mass is 10.2. The summed E-state index contributed by atoms with van der Waals surface area (Å²) in [7, 11) is 0. The van der Waals surface area contributed by atoms with Crippen LogP contribution in [0, 0.1) is 12.7 Å². The second-order valence-electron chi connectivity index (χ2n) is 7.96. The van der Waals surface area contributed by atoms with Gasteiger partial charge in [-0.3, -0.25) is 4.98 Å². The number of benzene rings is 1. The highest BCUT2D eigenvalue weighted by Gasteiger charge is 2.20. The fourth-order valence-corrected chi connectivity index (χ4v) is 3.61. The molecule has 4 rings (SSSR count). The van der Waals surface area contributed by atoms with Crippen LogP contribution in [0.15, 0.2) is 36.5 Å². The zero-order valence-electron chi connectivity index (χ0n) is 17.6. The summed E-state index contributed by atoms with van der Waals surface area (Å²) in [5.74, 6) is 1.48. The van der Waals surface area contributed by atoms with Gasteiger partial charge >= 0.3 is 0 Å². The summed E-state index contributed by atoms with van der Waals surface area (Å²) in [6.07, 6.45) is 6.57. The van der Waals surface area contributed by atoms with E-state index >= 15 is 0 Å². The Morgan fingerprint density at radius 2 is 1.97 bits per heavy atom. The van der Waals surface area contributed by atoms with Gasteiger partial charge in [-0.25, -0.2) is 14.1 Å². The molecule has 0 atom stereocenters. The van der Waals surface area contributed by atoms with Crippen LogP contribution < -0.4 is 4.74 Å². The number of hydrogen-bond acceptors (Lipinski definition) is 5. The monoisotopic (exact) mass is 410 g/mol. The van der Waals surface area contributed by atoms with E-state index in [-0.39, 0.29) is 24.6 Å². The first-order valence-electron chi connectivity index (χ1n) is 10.5. The maximum Gasteiger partial charge on any atom is 0.182 e. The van der Waals surface area contributed by atoms with Crippen molar-refractivity contribution in [3.8, 4) is 23.0 Å². The Kier molecular flexibility index (Phi) is 6.08. The van der Waals surface area contributed by atoms with Crippen LogP contribution in [0.1, 0.15) is 50.9 Å². The Labute approximate surface area is 176 Å². The molecule has 0 radical (unpaired) electrons. The Balaban J connectivity index is 1.73. The van der Waals surface area contributed by atoms with E-state index in [9.17, 15) is 4.39 Å². The Morgan fingerprint density at radius 3 is 2.73 bits per heavy atom. The van der Waals surface area contributed by atoms with Gasteiger partial charge in [0.1, 0.15) is 23.9 Å². The quantitative estimate of drug-likeness (QED) is 0.547. The highest BCUT2D eigenvalue weighted by atomic mass is 19.1. The van der Waals surface area contributed by atoms with Crippen LogP contribution in [-0.2, 0) is 11.3 Å². The van der Waals surface area contributed by atoms with Crippen molar-refractivity contribution in [1.82, 2.24) is 19.7 Å². The number of halogens is 1. The lowest BCUT2D eigenvalue weighted by molar-refractivity contribution is 0.0613. The van der Waals surface area contributed by atoms with Crippen molar-refractivity contribution in [2.45, 2.75) is 65.3 Å². The molecule has 0 saturated heterocycles. The molecule has 1 aromatic carbocycles. The third-order valence-corrected chi connectivity index (χ3v) is 5.16. The second-order valence-corrected chi connectivity index (χ2v) is 7.96. The van der Waals surface area contributed by atoms with Gasteiger partial charge in [-0.2, -0.15) is 0 Å². The zero-order chi connectivity index (χ0) is 21.1. The van der Waals surface area contributed by atoms with E-state index in [4.69, 9.17) is 9.47 Å². The molecule has 3 aromatic rings. The molecule has 7 heteroatoms. The first-order valence-corrected chi connectivity index (χ1v) is 10.5. The molecular weight excluding hydrogens is 383 g/mol. The van der Waals surface area contributed by atoms with Crippen molar-refractivity contribution in [3.05, 3.63) is 53.7 Å². The predicted molar refractivity (Wildman–Crippen MR) is 112 cm³/mol. The standard InChI is InChI=1S/C23H27FN4O2/c1-15(2)29-14-22-26-23(28(27-22)21-12-17(24)9-8-16(21)3)20-13-19(10-11-25-20)30-18-6-4-5-7-18/h8-13,15,18H,4-7,14H2,1-3H3. The van der Waals surface area contributed by atoms with Crippen molar-refractivity contribution < 1.29 is 13.9 Å². The van der Waals surface area contributed by atoms with Crippen LogP contribution >= 0.6 is 0 Å². The molecule has 6 nitrogen and oxygen atoms in total. The summed E-state index contributed by atoms with van der Waals surface area (Å²) in [5.41, 5.74) is 2.13. The first kappa shape index (κ1) is 20.5. The minimum Gasteiger partial charge on any atom is -0.490 e. The van der Waals surface area contributed by atoms with Crippen LogP contribution in [-0.4, -0.2) is 32.0 Å². The van der Waals surface area contributed by atoms with Gasteiger partial charge in [-0.15, -0.1) is 5.10 Å². The maximum atomic E-state index is 14.0. The van der Waals surface area contributed by atoms with Crippen LogP contribution in [0.2, 0.25) is 0 Å². The van der Waals surface area contributed by atoms with Crippen LogP contribution in [0.4, 0.5) is 4.39 Å². The second kappa shape index (κ2) is 8.92. The molecule has 1 saturated carbocycles. The molecule has 2 heterocycles. The van der Waals surface area contributed by atoms with Gasteiger partial charge in [-0.05, 0) is 70.2 Å². The van der Waals surface area contributed by atoms with Crippen LogP contribution in [0.25, 0.3) is 17.2 Å². The number of aromatic nitrogens is 4. The fraction of sp³-hybridized carbons (Fsp3) is 0.435. The number of aryl methyl sites for hydroxylation is 1. The zero-order valence-corrected chi connectivity index (χ0v) is 17.6. The largest absolute Gasteiger partial charge is 0.490 e. The fourth-order valence-electron chi connectivity index (χ4n) is 3.61. The minimum atomic E-state index is -0.330. The SMILES string of the molecule is Cc1ccc(F)cc1-n1nc(COC(C)C)nc1-c1cc(OC2CCCC2)ccn1. The van der Waals surface area contributed by atoms with E-state index < -0.39 is 0 Å². The maximum absolute atomic E-state index is 14.0. The van der Waals surface area contributed by atoms with Crippen molar-refractivity contribution in [2.24, 2.45) is 0 Å². The number of hydrogen-bond donors (Lipinski definition) is 0. The van der Waals surface area contributed by atoms with Gasteiger partial charge in [0.25, 0.3) is 0 Å². The third-order valence-electron chi connectivity index (χ3n) is 5.16. The van der Waals surface area contributed by atoms with Crippen LogP contribution in [0.5, 0.6) is 5.75 Å². The molecule has 0 aliphatic heterocycles. The molecule has 0 amide bonds. The topological polar surface area (TPSA) is 62.1 Å². The Hall–Kier alpha value is -2.80. The number of nitrogens with zero attached hydrogens (tertiary/aromatic N) is 4. The van der Waals surface area contributed by atoms with E-state index in [1.54, 1.807) is 16.9 Å². The summed E-state index contributed by atoms with van der Waals surface area (Å²) in [5, 5.41) is 4.60. The van der Waals surface area contributed by atoms with Crippen LogP contribution in [0.3, 0.4) is 0 Å². The van der Waals surface area contributed by atoms with Gasteiger partial charge in [0, 0.05) is 12.3 Å². The van der Waals surface area contributed by atoms with E-state index in [1.807, 2.05) is 32.9 Å². The molecule has 0 spiro atoms. The molecule has 0 bridgehead atoms. The summed E-state index contributed by atoms with van der Waals surface area (Å²) in [4.78, 5) is 9.15.